The Morgan fingerprint density at radius 3 is 1.83 bits per heavy atom. The molecule has 0 spiro atoms. The van der Waals surface area contributed by atoms with Gasteiger partial charge in [-0.05, 0) is 114 Å². The van der Waals surface area contributed by atoms with Gasteiger partial charge >= 0.3 is 0 Å². The lowest BCUT2D eigenvalue weighted by molar-refractivity contribution is 0.661. The van der Waals surface area contributed by atoms with Gasteiger partial charge in [0.2, 0.25) is 0 Å². The van der Waals surface area contributed by atoms with Crippen molar-refractivity contribution < 1.29 is 4.42 Å². The third-order valence-electron chi connectivity index (χ3n) is 13.7. The quantitative estimate of drug-likeness (QED) is 0.174. The molecule has 0 atom stereocenters. The van der Waals surface area contributed by atoms with Gasteiger partial charge in [-0.1, -0.05) is 178 Å². The van der Waals surface area contributed by atoms with E-state index in [0.717, 1.165) is 77.5 Å². The summed E-state index contributed by atoms with van der Waals surface area (Å²) >= 11 is 0. The number of rotatable bonds is 5. The lowest BCUT2D eigenvalue weighted by Gasteiger charge is -2.22. The van der Waals surface area contributed by atoms with Crippen LogP contribution in [-0.2, 0) is 5.41 Å². The van der Waals surface area contributed by atoms with E-state index in [2.05, 4.69) is 214 Å². The fourth-order valence-corrected chi connectivity index (χ4v) is 10.5. The summed E-state index contributed by atoms with van der Waals surface area (Å²) in [4.78, 5) is 10.7. The number of nitrogens with zero attached hydrogens (tertiary/aromatic N) is 2. The van der Waals surface area contributed by atoms with Gasteiger partial charge in [0.05, 0.1) is 11.4 Å². The van der Waals surface area contributed by atoms with Crippen molar-refractivity contribution >= 4 is 54.3 Å². The molecule has 12 aromatic rings. The first kappa shape index (κ1) is 36.5. The maximum Gasteiger partial charge on any atom is 0.160 e. The highest BCUT2D eigenvalue weighted by Crippen LogP contribution is 2.53. The third-order valence-corrected chi connectivity index (χ3v) is 13.7. The van der Waals surface area contributed by atoms with E-state index >= 15 is 0 Å². The fourth-order valence-electron chi connectivity index (χ4n) is 10.5. The zero-order chi connectivity index (χ0) is 42.5. The van der Waals surface area contributed by atoms with Crippen molar-refractivity contribution in [3.05, 3.63) is 217 Å². The highest BCUT2D eigenvalue weighted by atomic mass is 16.3. The minimum absolute atomic E-state index is 0.165. The maximum atomic E-state index is 6.46. The van der Waals surface area contributed by atoms with E-state index in [1.54, 1.807) is 0 Å². The molecule has 13 rings (SSSR count). The average molecular weight is 817 g/mol. The second kappa shape index (κ2) is 13.9. The molecule has 0 saturated heterocycles. The molecule has 2 heterocycles. The van der Waals surface area contributed by atoms with Crippen LogP contribution in [0.5, 0.6) is 0 Å². The predicted octanol–water partition coefficient (Wildman–Crippen LogP) is 16.5. The number of furan rings is 1. The van der Waals surface area contributed by atoms with Crippen molar-refractivity contribution in [3.8, 4) is 67.3 Å². The zero-order valence-corrected chi connectivity index (χ0v) is 35.4. The standard InChI is InChI=1S/C61H40N2O/c1-61(2)53-25-13-24-50(58(53)52-34-40-17-6-7-18-41(40)35-54(52)61)56-36-55(62-60(63-56)38-15-4-3-5-16-38)48-30-29-44(46-22-10-11-23-47(46)48)43-20-12-19-39(32-43)42-27-31-57-51(33-42)49-28-26-37-14-8-9-21-45(37)59(49)64-57/h3-36H,1-2H3. The molecule has 0 N–H and O–H groups in total. The van der Waals surface area contributed by atoms with Gasteiger partial charge in [0.15, 0.2) is 5.82 Å². The fraction of sp³-hybridized carbons (Fsp3) is 0.0492. The van der Waals surface area contributed by atoms with Crippen LogP contribution in [0, 0.1) is 0 Å². The third kappa shape index (κ3) is 5.60. The van der Waals surface area contributed by atoms with Gasteiger partial charge in [-0.25, -0.2) is 9.97 Å². The van der Waals surface area contributed by atoms with Crippen LogP contribution >= 0.6 is 0 Å². The topological polar surface area (TPSA) is 38.9 Å². The van der Waals surface area contributed by atoms with Crippen LogP contribution in [0.1, 0.15) is 25.0 Å². The SMILES string of the molecule is CC1(C)c2cc3ccccc3cc2-c2c(-c3cc(-c4ccc(-c5cccc(-c6ccc7oc8c9ccccc9ccc8c7c6)c5)c5ccccc45)nc(-c4ccccc4)n3)cccc21. The Morgan fingerprint density at radius 2 is 1.00 bits per heavy atom. The van der Waals surface area contributed by atoms with E-state index in [9.17, 15) is 0 Å². The second-order valence-electron chi connectivity index (χ2n) is 17.7. The van der Waals surface area contributed by atoms with Gasteiger partial charge < -0.3 is 4.42 Å². The summed E-state index contributed by atoms with van der Waals surface area (Å²) in [7, 11) is 0. The molecule has 0 amide bonds. The van der Waals surface area contributed by atoms with Crippen molar-refractivity contribution in [1.29, 1.82) is 0 Å². The van der Waals surface area contributed by atoms with E-state index < -0.39 is 0 Å². The zero-order valence-electron chi connectivity index (χ0n) is 35.4. The van der Waals surface area contributed by atoms with E-state index in [1.807, 2.05) is 6.07 Å². The Bertz CT molecular complexity index is 3880. The molecule has 0 unspecified atom stereocenters. The lowest BCUT2D eigenvalue weighted by Crippen LogP contribution is -2.14. The van der Waals surface area contributed by atoms with Crippen LogP contribution in [0.25, 0.3) is 122 Å². The summed E-state index contributed by atoms with van der Waals surface area (Å²) < 4.78 is 6.46. The summed E-state index contributed by atoms with van der Waals surface area (Å²) in [6.07, 6.45) is 0. The van der Waals surface area contributed by atoms with Crippen LogP contribution in [0.3, 0.4) is 0 Å². The van der Waals surface area contributed by atoms with Crippen LogP contribution in [0.4, 0.5) is 0 Å². The molecule has 0 fully saturated rings. The highest BCUT2D eigenvalue weighted by molar-refractivity contribution is 6.15. The first-order chi connectivity index (χ1) is 31.5. The molecule has 10 aromatic carbocycles. The molecule has 0 saturated carbocycles. The highest BCUT2D eigenvalue weighted by Gasteiger charge is 2.37. The second-order valence-corrected chi connectivity index (χ2v) is 17.7. The molecule has 1 aliphatic carbocycles. The number of aromatic nitrogens is 2. The largest absolute Gasteiger partial charge is 0.455 e. The maximum absolute atomic E-state index is 6.46. The molecule has 3 heteroatoms. The van der Waals surface area contributed by atoms with Gasteiger partial charge in [-0.2, -0.15) is 0 Å². The molecular formula is C61H40N2O. The van der Waals surface area contributed by atoms with Crippen LogP contribution in [-0.4, -0.2) is 9.97 Å². The van der Waals surface area contributed by atoms with Crippen LogP contribution in [0.2, 0.25) is 0 Å². The molecule has 3 nitrogen and oxygen atoms in total. The summed E-state index contributed by atoms with van der Waals surface area (Å²) in [6, 6.07) is 74.3. The predicted molar refractivity (Wildman–Crippen MR) is 267 cm³/mol. The van der Waals surface area contributed by atoms with E-state index in [4.69, 9.17) is 14.4 Å². The monoisotopic (exact) mass is 816 g/mol. The lowest BCUT2D eigenvalue weighted by atomic mass is 9.81. The van der Waals surface area contributed by atoms with E-state index in [1.165, 1.54) is 49.4 Å². The normalized spacial score (nSPS) is 13.0. The molecule has 2 aromatic heterocycles. The van der Waals surface area contributed by atoms with Gasteiger partial charge in [-0.3, -0.25) is 0 Å². The van der Waals surface area contributed by atoms with Crippen LogP contribution < -0.4 is 0 Å². The smallest absolute Gasteiger partial charge is 0.160 e. The van der Waals surface area contributed by atoms with E-state index in [0.29, 0.717) is 5.82 Å². The molecule has 0 bridgehead atoms. The minimum atomic E-state index is -0.165. The summed E-state index contributed by atoms with van der Waals surface area (Å²) in [5, 5.41) is 9.40. The number of hydrogen-bond donors (Lipinski definition) is 0. The molecule has 64 heavy (non-hydrogen) atoms. The van der Waals surface area contributed by atoms with Gasteiger partial charge in [0.1, 0.15) is 11.2 Å². The summed E-state index contributed by atoms with van der Waals surface area (Å²) in [5.41, 5.74) is 16.5. The Labute approximate surface area is 371 Å². The van der Waals surface area contributed by atoms with Crippen LogP contribution in [0.15, 0.2) is 211 Å². The first-order valence-electron chi connectivity index (χ1n) is 22.1. The summed E-state index contributed by atoms with van der Waals surface area (Å²) in [6.45, 7) is 4.70. The summed E-state index contributed by atoms with van der Waals surface area (Å²) in [5.74, 6) is 0.707. The molecule has 0 radical (unpaired) electrons. The number of fused-ring (bicyclic) bond motifs is 10. The number of benzene rings is 10. The molecule has 300 valence electrons. The number of hydrogen-bond acceptors (Lipinski definition) is 3. The molecule has 0 aliphatic heterocycles. The average Bonchev–Trinajstić information content (AvgIpc) is 3.84. The Balaban J connectivity index is 0.952. The van der Waals surface area contributed by atoms with Gasteiger partial charge in [0, 0.05) is 38.3 Å². The Hall–Kier alpha value is -8.14. The minimum Gasteiger partial charge on any atom is -0.455 e. The van der Waals surface area contributed by atoms with Crippen molar-refractivity contribution in [2.45, 2.75) is 19.3 Å². The first-order valence-corrected chi connectivity index (χ1v) is 22.1. The Kier molecular flexibility index (Phi) is 7.95. The molecule has 1 aliphatic rings. The van der Waals surface area contributed by atoms with Gasteiger partial charge in [0.25, 0.3) is 0 Å². The van der Waals surface area contributed by atoms with Crippen molar-refractivity contribution in [3.63, 3.8) is 0 Å². The van der Waals surface area contributed by atoms with E-state index in [-0.39, 0.29) is 5.41 Å². The van der Waals surface area contributed by atoms with Crippen molar-refractivity contribution in [2.24, 2.45) is 0 Å². The van der Waals surface area contributed by atoms with Crippen molar-refractivity contribution in [2.75, 3.05) is 0 Å². The van der Waals surface area contributed by atoms with Crippen molar-refractivity contribution in [1.82, 2.24) is 9.97 Å². The van der Waals surface area contributed by atoms with Gasteiger partial charge in [-0.15, -0.1) is 0 Å². The Morgan fingerprint density at radius 1 is 0.359 bits per heavy atom. The molecular weight excluding hydrogens is 777 g/mol.